The summed E-state index contributed by atoms with van der Waals surface area (Å²) in [5, 5.41) is 3.84. The third-order valence-corrected chi connectivity index (χ3v) is 9.57. The predicted octanol–water partition coefficient (Wildman–Crippen LogP) is 6.13. The van der Waals surface area contributed by atoms with Crippen molar-refractivity contribution in [1.29, 1.82) is 0 Å². The lowest BCUT2D eigenvalue weighted by Crippen LogP contribution is -2.46. The topological polar surface area (TPSA) is 52.2 Å². The molecule has 0 saturated carbocycles. The van der Waals surface area contributed by atoms with Crippen LogP contribution in [0.1, 0.15) is 60.5 Å². The fourth-order valence-corrected chi connectivity index (χ4v) is 7.61. The van der Waals surface area contributed by atoms with Gasteiger partial charge < -0.3 is 24.3 Å². The summed E-state index contributed by atoms with van der Waals surface area (Å²) in [5.74, 6) is 4.58. The van der Waals surface area contributed by atoms with Crippen LogP contribution in [-0.4, -0.2) is 53.0 Å². The molecule has 1 N–H and O–H groups in total. The SMILES string of the molecule is CC[C@H]1CN2CCc3cc(OC)c(OC)cc3[C@@H]2C[C@@H]1C[C@H]1NCCc2c1cc(OC)c(OC)c2Br.Cl. The van der Waals surface area contributed by atoms with Gasteiger partial charge in [-0.2, -0.15) is 0 Å². The Morgan fingerprint density at radius 1 is 0.919 bits per heavy atom. The molecule has 0 spiro atoms. The van der Waals surface area contributed by atoms with Crippen LogP contribution < -0.4 is 24.3 Å². The van der Waals surface area contributed by atoms with Crippen molar-refractivity contribution >= 4 is 28.3 Å². The van der Waals surface area contributed by atoms with E-state index in [2.05, 4.69) is 51.3 Å². The van der Waals surface area contributed by atoms with Gasteiger partial charge in [0.15, 0.2) is 23.0 Å². The fraction of sp³-hybridized carbons (Fsp3) is 0.586. The van der Waals surface area contributed by atoms with Gasteiger partial charge in [0.2, 0.25) is 0 Å². The highest BCUT2D eigenvalue weighted by Gasteiger charge is 2.40. The van der Waals surface area contributed by atoms with E-state index in [1.807, 2.05) is 0 Å². The number of methoxy groups -OCH3 is 4. The summed E-state index contributed by atoms with van der Waals surface area (Å²) < 4.78 is 23.7. The summed E-state index contributed by atoms with van der Waals surface area (Å²) in [4.78, 5) is 2.71. The summed E-state index contributed by atoms with van der Waals surface area (Å²) in [7, 11) is 6.88. The Labute approximate surface area is 235 Å². The number of fused-ring (bicyclic) bond motifs is 4. The fourth-order valence-electron chi connectivity index (χ4n) is 6.82. The Kier molecular flexibility index (Phi) is 9.21. The molecule has 6 nitrogen and oxygen atoms in total. The molecule has 0 radical (unpaired) electrons. The van der Waals surface area contributed by atoms with E-state index in [-0.39, 0.29) is 12.4 Å². The van der Waals surface area contributed by atoms with Crippen LogP contribution in [0.2, 0.25) is 0 Å². The van der Waals surface area contributed by atoms with Crippen molar-refractivity contribution in [1.82, 2.24) is 10.2 Å². The molecular weight excluding hydrogens is 556 g/mol. The van der Waals surface area contributed by atoms with Crippen molar-refractivity contribution in [2.45, 2.75) is 51.1 Å². The third-order valence-electron chi connectivity index (χ3n) is 8.73. The molecule has 8 heteroatoms. The van der Waals surface area contributed by atoms with Gasteiger partial charge in [-0.15, -0.1) is 12.4 Å². The zero-order chi connectivity index (χ0) is 25.4. The Balaban J connectivity index is 0.00000320. The van der Waals surface area contributed by atoms with Gasteiger partial charge in [-0.05, 0) is 100 Å². The molecule has 0 bridgehead atoms. The maximum atomic E-state index is 5.70. The molecular formula is C29H40BrClN2O4. The minimum Gasteiger partial charge on any atom is -0.493 e. The molecule has 37 heavy (non-hydrogen) atoms. The minimum atomic E-state index is 0. The van der Waals surface area contributed by atoms with Crippen LogP contribution in [0.5, 0.6) is 23.0 Å². The molecule has 204 valence electrons. The van der Waals surface area contributed by atoms with E-state index in [1.165, 1.54) is 35.1 Å². The second-order valence-electron chi connectivity index (χ2n) is 10.3. The number of hydrogen-bond acceptors (Lipinski definition) is 6. The Morgan fingerprint density at radius 2 is 1.62 bits per heavy atom. The summed E-state index contributed by atoms with van der Waals surface area (Å²) in [5.41, 5.74) is 5.52. The molecule has 0 unspecified atom stereocenters. The lowest BCUT2D eigenvalue weighted by molar-refractivity contribution is 0.0434. The standard InChI is InChI=1S/C29H39BrN2O4.ClH/c1-6-17-16-32-10-8-18-13-25(33-2)26(34-3)14-21(18)24(32)12-19(17)11-23-22-15-27(35-4)29(36-5)28(30)20(22)7-9-31-23;/h13-15,17,19,23-24,31H,6-12,16H2,1-5H3;1H/t17-,19-,23+,24-;/m0./s1. The molecule has 2 aromatic carbocycles. The lowest BCUT2D eigenvalue weighted by atomic mass is 9.72. The molecule has 5 rings (SSSR count). The van der Waals surface area contributed by atoms with Crippen molar-refractivity contribution in [2.75, 3.05) is 48.1 Å². The second-order valence-corrected chi connectivity index (χ2v) is 11.1. The number of hydrogen-bond donors (Lipinski definition) is 1. The molecule has 1 saturated heterocycles. The molecule has 2 aromatic rings. The normalized spacial score (nSPS) is 24.7. The maximum Gasteiger partial charge on any atom is 0.175 e. The average Bonchev–Trinajstić information content (AvgIpc) is 2.91. The van der Waals surface area contributed by atoms with Gasteiger partial charge in [0.25, 0.3) is 0 Å². The third kappa shape index (κ3) is 5.17. The molecule has 0 amide bonds. The first-order valence-corrected chi connectivity index (χ1v) is 14.0. The summed E-state index contributed by atoms with van der Waals surface area (Å²) in [6.45, 7) is 5.61. The number of nitrogens with one attached hydrogen (secondary N) is 1. The van der Waals surface area contributed by atoms with Gasteiger partial charge in [-0.3, -0.25) is 4.90 Å². The van der Waals surface area contributed by atoms with Crippen molar-refractivity contribution < 1.29 is 18.9 Å². The molecule has 0 aromatic heterocycles. The van der Waals surface area contributed by atoms with Crippen molar-refractivity contribution in [3.63, 3.8) is 0 Å². The van der Waals surface area contributed by atoms with Crippen molar-refractivity contribution in [2.24, 2.45) is 11.8 Å². The van der Waals surface area contributed by atoms with E-state index >= 15 is 0 Å². The lowest BCUT2D eigenvalue weighted by Gasteiger charge is -2.48. The molecule has 1 fully saturated rings. The molecule has 3 aliphatic rings. The van der Waals surface area contributed by atoms with E-state index in [9.17, 15) is 0 Å². The van der Waals surface area contributed by atoms with Gasteiger partial charge in [0.1, 0.15) is 0 Å². The van der Waals surface area contributed by atoms with Crippen LogP contribution in [0.3, 0.4) is 0 Å². The number of rotatable bonds is 7. The average molecular weight is 596 g/mol. The number of benzene rings is 2. The summed E-state index contributed by atoms with van der Waals surface area (Å²) in [6, 6.07) is 7.36. The van der Waals surface area contributed by atoms with Gasteiger partial charge in [-0.25, -0.2) is 0 Å². The van der Waals surface area contributed by atoms with Crippen LogP contribution in [0.25, 0.3) is 0 Å². The molecule has 0 aliphatic carbocycles. The van der Waals surface area contributed by atoms with Crippen LogP contribution in [-0.2, 0) is 12.8 Å². The highest BCUT2D eigenvalue weighted by atomic mass is 79.9. The number of piperidine rings is 1. The van der Waals surface area contributed by atoms with Gasteiger partial charge in [0.05, 0.1) is 32.9 Å². The molecule has 4 atom stereocenters. The van der Waals surface area contributed by atoms with Crippen LogP contribution in [0, 0.1) is 11.8 Å². The van der Waals surface area contributed by atoms with E-state index < -0.39 is 0 Å². The van der Waals surface area contributed by atoms with E-state index in [1.54, 1.807) is 28.4 Å². The van der Waals surface area contributed by atoms with Crippen LogP contribution >= 0.6 is 28.3 Å². The Morgan fingerprint density at radius 3 is 2.30 bits per heavy atom. The van der Waals surface area contributed by atoms with Gasteiger partial charge in [0, 0.05) is 25.2 Å². The second kappa shape index (κ2) is 12.0. The summed E-state index contributed by atoms with van der Waals surface area (Å²) >= 11 is 3.82. The van der Waals surface area contributed by atoms with E-state index in [4.69, 9.17) is 18.9 Å². The first-order valence-electron chi connectivity index (χ1n) is 13.2. The van der Waals surface area contributed by atoms with E-state index in [0.717, 1.165) is 66.4 Å². The van der Waals surface area contributed by atoms with Crippen LogP contribution in [0.4, 0.5) is 0 Å². The predicted molar refractivity (Wildman–Crippen MR) is 153 cm³/mol. The number of ether oxygens (including phenoxy) is 4. The Hall–Kier alpha value is -1.67. The first-order chi connectivity index (χ1) is 17.5. The zero-order valence-corrected chi connectivity index (χ0v) is 25.0. The molecule has 3 aliphatic heterocycles. The number of halogens is 2. The van der Waals surface area contributed by atoms with E-state index in [0.29, 0.717) is 23.9 Å². The first kappa shape index (κ1) is 28.3. The minimum absolute atomic E-state index is 0. The van der Waals surface area contributed by atoms with Crippen LogP contribution in [0.15, 0.2) is 22.7 Å². The van der Waals surface area contributed by atoms with Crippen molar-refractivity contribution in [3.05, 3.63) is 44.9 Å². The zero-order valence-electron chi connectivity index (χ0n) is 22.6. The quantitative estimate of drug-likeness (QED) is 0.416. The smallest absolute Gasteiger partial charge is 0.175 e. The molecule has 3 heterocycles. The largest absolute Gasteiger partial charge is 0.493 e. The summed E-state index contributed by atoms with van der Waals surface area (Å²) in [6.07, 6.45) is 5.56. The van der Waals surface area contributed by atoms with Gasteiger partial charge >= 0.3 is 0 Å². The highest BCUT2D eigenvalue weighted by Crippen LogP contribution is 2.49. The van der Waals surface area contributed by atoms with Crippen molar-refractivity contribution in [3.8, 4) is 23.0 Å². The van der Waals surface area contributed by atoms with Gasteiger partial charge in [-0.1, -0.05) is 13.3 Å². The highest BCUT2D eigenvalue weighted by molar-refractivity contribution is 9.10. The Bertz CT molecular complexity index is 1110. The maximum absolute atomic E-state index is 5.70. The number of nitrogens with zero attached hydrogens (tertiary/aromatic N) is 1. The monoisotopic (exact) mass is 594 g/mol.